The number of carbonyl (C=O) groups is 2. The van der Waals surface area contributed by atoms with E-state index in [1.165, 1.54) is 12.2 Å². The highest BCUT2D eigenvalue weighted by Gasteiger charge is 2.28. The van der Waals surface area contributed by atoms with Gasteiger partial charge in [0.2, 0.25) is 12.4 Å². The van der Waals surface area contributed by atoms with E-state index in [1.54, 1.807) is 19.2 Å². The van der Waals surface area contributed by atoms with Crippen LogP contribution in [0.5, 0.6) is 0 Å². The first-order valence-electron chi connectivity index (χ1n) is 13.5. The molecule has 3 rings (SSSR count). The highest BCUT2D eigenvalue weighted by atomic mass is 19.1. The molecule has 9 nitrogen and oxygen atoms in total. The van der Waals surface area contributed by atoms with Gasteiger partial charge in [-0.15, -0.1) is 0 Å². The molecule has 0 spiro atoms. The van der Waals surface area contributed by atoms with Gasteiger partial charge in [-0.25, -0.2) is 13.8 Å². The lowest BCUT2D eigenvalue weighted by Gasteiger charge is -2.27. The lowest BCUT2D eigenvalue weighted by atomic mass is 9.98. The van der Waals surface area contributed by atoms with Crippen LogP contribution in [0.4, 0.5) is 20.5 Å². The van der Waals surface area contributed by atoms with Crippen LogP contribution in [0, 0.1) is 6.92 Å². The first-order valence-corrected chi connectivity index (χ1v) is 13.5. The van der Waals surface area contributed by atoms with Gasteiger partial charge >= 0.3 is 0 Å². The Hall–Kier alpha value is -3.96. The van der Waals surface area contributed by atoms with E-state index in [0.29, 0.717) is 41.9 Å². The van der Waals surface area contributed by atoms with Gasteiger partial charge in [-0.2, -0.15) is 4.98 Å². The van der Waals surface area contributed by atoms with Crippen molar-refractivity contribution in [3.8, 4) is 11.3 Å². The number of nitrogens with one attached hydrogen (secondary N) is 2. The molecule has 1 aromatic heterocycles. The summed E-state index contributed by atoms with van der Waals surface area (Å²) in [4.78, 5) is 39.7. The maximum absolute atomic E-state index is 15.2. The van der Waals surface area contributed by atoms with Gasteiger partial charge < -0.3 is 20.4 Å². The van der Waals surface area contributed by atoms with Gasteiger partial charge in [-0.05, 0) is 78.2 Å². The predicted molar refractivity (Wildman–Crippen MR) is 159 cm³/mol. The van der Waals surface area contributed by atoms with Gasteiger partial charge in [-0.1, -0.05) is 12.1 Å². The normalized spacial score (nSPS) is 13.4. The molecule has 0 radical (unpaired) electrons. The number of nitrogens with zero attached hydrogens (tertiary/aromatic N) is 5. The number of likely N-dealkylation sites (N-methyl/N-ethyl adjacent to an activating group) is 2. The zero-order chi connectivity index (χ0) is 30.3. The molecule has 2 aromatic rings. The Morgan fingerprint density at radius 2 is 1.88 bits per heavy atom. The van der Waals surface area contributed by atoms with Crippen LogP contribution in [0.15, 0.2) is 53.8 Å². The van der Waals surface area contributed by atoms with E-state index in [0.717, 1.165) is 16.5 Å². The lowest BCUT2D eigenvalue weighted by molar-refractivity contribution is -0.107. The third-order valence-corrected chi connectivity index (χ3v) is 6.45. The van der Waals surface area contributed by atoms with Crippen LogP contribution in [0.25, 0.3) is 11.3 Å². The molecule has 1 heterocycles. The van der Waals surface area contributed by atoms with Crippen molar-refractivity contribution in [2.24, 2.45) is 0 Å². The van der Waals surface area contributed by atoms with Crippen molar-refractivity contribution in [2.45, 2.75) is 39.8 Å². The number of halogens is 2. The molecular formula is C30H39F2N7O2. The Labute approximate surface area is 240 Å². The largest absolute Gasteiger partial charge is 0.350 e. The van der Waals surface area contributed by atoms with Crippen LogP contribution < -0.4 is 20.4 Å². The Kier molecular flexibility index (Phi) is 10.8. The number of rotatable bonds is 12. The Bertz CT molecular complexity index is 1370. The molecule has 0 bridgehead atoms. The summed E-state index contributed by atoms with van der Waals surface area (Å²) < 4.78 is 30.4. The van der Waals surface area contributed by atoms with Gasteiger partial charge in [0.1, 0.15) is 17.4 Å². The number of aromatic nitrogens is 2. The number of amides is 2. The SMILES string of the molecule is CNCc1c(-c2cc(C(=O)NC(C)C)ccc2C)nc(N(C)CCN(C)C)nc1N(C=O)C1=C(F)C=CCC=C1F. The second kappa shape index (κ2) is 14.1. The van der Waals surface area contributed by atoms with E-state index in [4.69, 9.17) is 4.98 Å². The zero-order valence-corrected chi connectivity index (χ0v) is 24.8. The molecule has 1 aliphatic rings. The third-order valence-electron chi connectivity index (χ3n) is 6.45. The van der Waals surface area contributed by atoms with E-state index < -0.39 is 17.4 Å². The third kappa shape index (κ3) is 7.62. The van der Waals surface area contributed by atoms with Crippen LogP contribution in [0.3, 0.4) is 0 Å². The van der Waals surface area contributed by atoms with Gasteiger partial charge in [0.05, 0.1) is 5.69 Å². The van der Waals surface area contributed by atoms with E-state index in [2.05, 4.69) is 15.6 Å². The fourth-order valence-electron chi connectivity index (χ4n) is 4.28. The van der Waals surface area contributed by atoms with Gasteiger partial charge in [-0.3, -0.25) is 14.5 Å². The van der Waals surface area contributed by atoms with Crippen molar-refractivity contribution in [3.63, 3.8) is 0 Å². The number of benzene rings is 1. The topological polar surface area (TPSA) is 93.7 Å². The maximum Gasteiger partial charge on any atom is 0.251 e. The van der Waals surface area contributed by atoms with Crippen molar-refractivity contribution < 1.29 is 18.4 Å². The summed E-state index contributed by atoms with van der Waals surface area (Å²) in [6, 6.07) is 5.23. The first kappa shape index (κ1) is 31.6. The summed E-state index contributed by atoms with van der Waals surface area (Å²) >= 11 is 0. The Morgan fingerprint density at radius 3 is 2.51 bits per heavy atom. The minimum absolute atomic E-state index is 0.0338. The Balaban J connectivity index is 2.35. The second-order valence-electron chi connectivity index (χ2n) is 10.4. The molecule has 2 N–H and O–H groups in total. The molecule has 0 saturated carbocycles. The van der Waals surface area contributed by atoms with Crippen LogP contribution in [-0.2, 0) is 11.3 Å². The molecule has 0 atom stereocenters. The highest BCUT2D eigenvalue weighted by Crippen LogP contribution is 2.37. The number of anilines is 2. The summed E-state index contributed by atoms with van der Waals surface area (Å²) in [6.45, 7) is 7.05. The number of allylic oxidation sites excluding steroid dienone is 5. The summed E-state index contributed by atoms with van der Waals surface area (Å²) in [7, 11) is 7.40. The minimum Gasteiger partial charge on any atom is -0.350 e. The lowest BCUT2D eigenvalue weighted by Crippen LogP contribution is -2.32. The molecule has 0 aliphatic heterocycles. The van der Waals surface area contributed by atoms with Gasteiger partial charge in [0, 0.05) is 49.4 Å². The fourth-order valence-corrected chi connectivity index (χ4v) is 4.28. The van der Waals surface area contributed by atoms with E-state index in [9.17, 15) is 9.59 Å². The monoisotopic (exact) mass is 567 g/mol. The van der Waals surface area contributed by atoms with Crippen molar-refractivity contribution in [1.29, 1.82) is 0 Å². The molecule has 1 aliphatic carbocycles. The van der Waals surface area contributed by atoms with E-state index in [-0.39, 0.29) is 36.7 Å². The average molecular weight is 568 g/mol. The molecule has 2 amide bonds. The standard InChI is InChI=1S/C30H39F2N7O2/c1-19(2)34-29(41)21-13-12-20(3)22(16-21)26-23(17-33-4)28(36-30(35-26)38(7)15-14-37(5)6)39(18-40)27-24(31)10-8-9-11-25(27)32/h8,10-13,16,18-19,33H,9,14-15,17H2,1-7H3,(H,34,41). The summed E-state index contributed by atoms with van der Waals surface area (Å²) in [5.41, 5.74) is 2.24. The molecular weight excluding hydrogens is 528 g/mol. The summed E-state index contributed by atoms with van der Waals surface area (Å²) in [5.74, 6) is -1.72. The summed E-state index contributed by atoms with van der Waals surface area (Å²) in [6.07, 6.45) is 4.36. The van der Waals surface area contributed by atoms with E-state index >= 15 is 8.78 Å². The van der Waals surface area contributed by atoms with Crippen LogP contribution in [-0.4, -0.2) is 74.5 Å². The van der Waals surface area contributed by atoms with Crippen molar-refractivity contribution in [3.05, 3.63) is 70.5 Å². The van der Waals surface area contributed by atoms with Crippen molar-refractivity contribution in [1.82, 2.24) is 25.5 Å². The van der Waals surface area contributed by atoms with E-state index in [1.807, 2.05) is 57.8 Å². The first-order chi connectivity index (χ1) is 19.5. The average Bonchev–Trinajstić information content (AvgIpc) is 3.08. The number of hydrogen-bond acceptors (Lipinski definition) is 7. The second-order valence-corrected chi connectivity index (χ2v) is 10.4. The van der Waals surface area contributed by atoms with Crippen LogP contribution in [0.2, 0.25) is 0 Å². The van der Waals surface area contributed by atoms with Gasteiger partial charge in [0.25, 0.3) is 5.91 Å². The molecule has 0 unspecified atom stereocenters. The zero-order valence-electron chi connectivity index (χ0n) is 24.8. The number of aryl methyl sites for hydroxylation is 1. The molecule has 11 heteroatoms. The number of hydrogen-bond donors (Lipinski definition) is 2. The molecule has 41 heavy (non-hydrogen) atoms. The van der Waals surface area contributed by atoms with Gasteiger partial charge in [0.15, 0.2) is 5.82 Å². The molecule has 0 saturated heterocycles. The smallest absolute Gasteiger partial charge is 0.251 e. The molecule has 1 aromatic carbocycles. The Morgan fingerprint density at radius 1 is 1.15 bits per heavy atom. The predicted octanol–water partition coefficient (Wildman–Crippen LogP) is 4.26. The van der Waals surface area contributed by atoms with Crippen LogP contribution >= 0.6 is 0 Å². The highest BCUT2D eigenvalue weighted by molar-refractivity contribution is 5.96. The van der Waals surface area contributed by atoms with Crippen LogP contribution in [0.1, 0.15) is 41.8 Å². The number of carbonyl (C=O) groups excluding carboxylic acids is 2. The quantitative estimate of drug-likeness (QED) is 0.370. The fraction of sp³-hybridized carbons (Fsp3) is 0.400. The molecule has 220 valence electrons. The van der Waals surface area contributed by atoms with Crippen molar-refractivity contribution in [2.75, 3.05) is 51.1 Å². The minimum atomic E-state index is -0.898. The maximum atomic E-state index is 15.2. The molecule has 0 fully saturated rings. The summed E-state index contributed by atoms with van der Waals surface area (Å²) in [5, 5.41) is 5.97. The van der Waals surface area contributed by atoms with Crippen molar-refractivity contribution >= 4 is 24.1 Å².